The van der Waals surface area contributed by atoms with E-state index in [2.05, 4.69) is 82.2 Å². The van der Waals surface area contributed by atoms with Gasteiger partial charge in [0.1, 0.15) is 11.9 Å². The van der Waals surface area contributed by atoms with E-state index in [1.807, 2.05) is 0 Å². The average molecular weight is 702 g/mol. The first kappa shape index (κ1) is 45.0. The summed E-state index contributed by atoms with van der Waals surface area (Å²) < 4.78 is 11.5. The number of carbonyl (C=O) groups excluding carboxylic acids is 2. The first-order valence-electron chi connectivity index (χ1n) is 20.5. The van der Waals surface area contributed by atoms with Crippen LogP contribution in [0.1, 0.15) is 187 Å². The van der Waals surface area contributed by atoms with E-state index < -0.39 is 0 Å². The summed E-state index contributed by atoms with van der Waals surface area (Å²) in [5, 5.41) is 0. The number of rotatable bonds is 14. The molecule has 50 heavy (non-hydrogen) atoms. The van der Waals surface area contributed by atoms with Crippen LogP contribution in [0.5, 0.6) is 0 Å². The van der Waals surface area contributed by atoms with Crippen LogP contribution in [0.15, 0.2) is 11.6 Å². The van der Waals surface area contributed by atoms with Crippen molar-refractivity contribution in [3.63, 3.8) is 0 Å². The lowest BCUT2D eigenvalue weighted by molar-refractivity contribution is -0.152. The topological polar surface area (TPSA) is 78.6 Å². The molecule has 10 atom stereocenters. The first-order chi connectivity index (χ1) is 22.7. The fraction of sp³-hybridized carbons (Fsp3) is 0.911. The van der Waals surface area contributed by atoms with Crippen LogP contribution in [0.25, 0.3) is 0 Å². The van der Waals surface area contributed by atoms with Gasteiger partial charge in [-0.1, -0.05) is 93.2 Å². The maximum Gasteiger partial charge on any atom is 0.306 e. The number of esters is 1. The van der Waals surface area contributed by atoms with E-state index in [1.54, 1.807) is 5.57 Å². The molecule has 5 heteroatoms. The molecular weight excluding hydrogens is 618 g/mol. The minimum Gasteiger partial charge on any atom is -0.462 e. The summed E-state index contributed by atoms with van der Waals surface area (Å²) in [6, 6.07) is 0. The van der Waals surface area contributed by atoms with E-state index in [9.17, 15) is 9.59 Å². The van der Waals surface area contributed by atoms with Gasteiger partial charge < -0.3 is 20.0 Å². The molecule has 10 unspecified atom stereocenters. The molecule has 0 radical (unpaired) electrons. The highest BCUT2D eigenvalue weighted by Gasteiger charge is 2.59. The number of ether oxygens (including phenoxy) is 2. The fourth-order valence-corrected chi connectivity index (χ4v) is 10.6. The van der Waals surface area contributed by atoms with Crippen molar-refractivity contribution in [1.82, 2.24) is 0 Å². The SMILES string of the molecule is C.CC(=O)CCC(=O)OC1CCC2(C)C(=CCC3C2CCC2(C)C(C(C)CCCC(C)C)CCC32)C1.CCC(C)C(C)(N)CCOC(C)(C)C. The molecule has 4 aliphatic rings. The molecule has 3 fully saturated rings. The Morgan fingerprint density at radius 2 is 1.64 bits per heavy atom. The van der Waals surface area contributed by atoms with Crippen LogP contribution < -0.4 is 5.73 Å². The molecule has 0 aromatic carbocycles. The lowest BCUT2D eigenvalue weighted by Gasteiger charge is -2.58. The molecule has 0 aromatic rings. The largest absolute Gasteiger partial charge is 0.462 e. The second kappa shape index (κ2) is 18.7. The number of ketones is 1. The van der Waals surface area contributed by atoms with Crippen LogP contribution in [-0.2, 0) is 19.1 Å². The van der Waals surface area contributed by atoms with Gasteiger partial charge in [-0.3, -0.25) is 4.79 Å². The van der Waals surface area contributed by atoms with E-state index in [0.717, 1.165) is 74.2 Å². The van der Waals surface area contributed by atoms with Crippen molar-refractivity contribution >= 4 is 11.8 Å². The van der Waals surface area contributed by atoms with Crippen molar-refractivity contribution in [3.05, 3.63) is 11.6 Å². The summed E-state index contributed by atoms with van der Waals surface area (Å²) in [6.45, 7) is 27.5. The van der Waals surface area contributed by atoms with E-state index in [0.29, 0.717) is 17.8 Å². The molecule has 0 bridgehead atoms. The average Bonchev–Trinajstić information content (AvgIpc) is 3.36. The van der Waals surface area contributed by atoms with Gasteiger partial charge in [-0.25, -0.2) is 0 Å². The molecule has 3 saturated carbocycles. The lowest BCUT2D eigenvalue weighted by Crippen LogP contribution is -2.51. The van der Waals surface area contributed by atoms with Gasteiger partial charge >= 0.3 is 5.97 Å². The van der Waals surface area contributed by atoms with E-state index >= 15 is 0 Å². The second-order valence-corrected chi connectivity index (χ2v) is 19.4. The zero-order chi connectivity index (χ0) is 36.8. The predicted octanol–water partition coefficient (Wildman–Crippen LogP) is 11.9. The van der Waals surface area contributed by atoms with Gasteiger partial charge in [0.05, 0.1) is 12.0 Å². The Kier molecular flexibility index (Phi) is 16.8. The molecule has 4 aliphatic carbocycles. The molecule has 0 heterocycles. The van der Waals surface area contributed by atoms with Crippen molar-refractivity contribution in [2.45, 2.75) is 204 Å². The third-order valence-corrected chi connectivity index (χ3v) is 14.2. The fourth-order valence-electron chi connectivity index (χ4n) is 10.6. The normalized spacial score (nSPS) is 32.8. The van der Waals surface area contributed by atoms with Crippen LogP contribution in [0, 0.1) is 52.3 Å². The van der Waals surface area contributed by atoms with Gasteiger partial charge in [0.15, 0.2) is 0 Å². The third-order valence-electron chi connectivity index (χ3n) is 14.2. The van der Waals surface area contributed by atoms with E-state index in [-0.39, 0.29) is 48.3 Å². The Bertz CT molecular complexity index is 1100. The van der Waals surface area contributed by atoms with Crippen LogP contribution >= 0.6 is 0 Å². The van der Waals surface area contributed by atoms with Crippen LogP contribution in [0.3, 0.4) is 0 Å². The summed E-state index contributed by atoms with van der Waals surface area (Å²) in [5.41, 5.74) is 8.45. The van der Waals surface area contributed by atoms with Crippen molar-refractivity contribution in [2.24, 2.45) is 58.0 Å². The van der Waals surface area contributed by atoms with Crippen molar-refractivity contribution in [3.8, 4) is 0 Å². The number of Topliss-reactive ketones (excluding diaryl/α,β-unsaturated/α-hetero) is 1. The summed E-state index contributed by atoms with van der Waals surface area (Å²) in [6.07, 6.45) is 19.3. The summed E-state index contributed by atoms with van der Waals surface area (Å²) in [4.78, 5) is 23.5. The molecule has 2 N–H and O–H groups in total. The van der Waals surface area contributed by atoms with Gasteiger partial charge in [-0.05, 0) is 138 Å². The van der Waals surface area contributed by atoms with Crippen molar-refractivity contribution in [1.29, 1.82) is 0 Å². The smallest absolute Gasteiger partial charge is 0.306 e. The molecule has 0 saturated heterocycles. The zero-order valence-corrected chi connectivity index (χ0v) is 34.2. The Morgan fingerprint density at radius 3 is 2.24 bits per heavy atom. The summed E-state index contributed by atoms with van der Waals surface area (Å²) in [7, 11) is 0. The van der Waals surface area contributed by atoms with Crippen molar-refractivity contribution in [2.75, 3.05) is 6.61 Å². The molecule has 4 rings (SSSR count). The number of hydrogen-bond acceptors (Lipinski definition) is 5. The number of fused-ring (bicyclic) bond motifs is 5. The number of allylic oxidation sites excluding steroid dienone is 1. The Morgan fingerprint density at radius 1 is 0.960 bits per heavy atom. The Balaban J connectivity index is 0.000000492. The minimum atomic E-state index is -0.198. The molecule has 5 nitrogen and oxygen atoms in total. The number of carbonyl (C=O) groups is 2. The maximum absolute atomic E-state index is 12.2. The monoisotopic (exact) mass is 702 g/mol. The van der Waals surface area contributed by atoms with Gasteiger partial charge in [-0.15, -0.1) is 0 Å². The molecule has 0 aliphatic heterocycles. The highest BCUT2D eigenvalue weighted by molar-refractivity contribution is 5.81. The lowest BCUT2D eigenvalue weighted by atomic mass is 9.47. The maximum atomic E-state index is 12.2. The molecule has 0 amide bonds. The predicted molar refractivity (Wildman–Crippen MR) is 212 cm³/mol. The molecule has 292 valence electrons. The molecule has 0 aromatic heterocycles. The summed E-state index contributed by atoms with van der Waals surface area (Å²) in [5.74, 6) is 5.52. The minimum absolute atomic E-state index is 0. The van der Waals surface area contributed by atoms with Gasteiger partial charge in [0.2, 0.25) is 0 Å². The van der Waals surface area contributed by atoms with Crippen LogP contribution in [-0.4, -0.2) is 35.6 Å². The van der Waals surface area contributed by atoms with Gasteiger partial charge in [0.25, 0.3) is 0 Å². The third kappa shape index (κ3) is 11.6. The second-order valence-electron chi connectivity index (χ2n) is 19.4. The standard InChI is InChI=1S/C32H52O3.C12H27NO.CH4/c1-21(2)8-7-9-22(3)27-13-14-28-26-12-11-24-20-25(35-30(34)15-10-23(4)33)16-18-31(24,5)29(26)17-19-32(27,28)6;1-7-10(2)12(6,13)8-9-14-11(3,4)5;/h11,21-22,25-29H,7-10,12-20H2,1-6H3;10H,7-9,13H2,1-6H3;1H4. The summed E-state index contributed by atoms with van der Waals surface area (Å²) >= 11 is 0. The quantitative estimate of drug-likeness (QED) is 0.144. The molecule has 0 spiro atoms. The van der Waals surface area contributed by atoms with Gasteiger partial charge in [0, 0.05) is 25.0 Å². The van der Waals surface area contributed by atoms with Crippen molar-refractivity contribution < 1.29 is 19.1 Å². The van der Waals surface area contributed by atoms with E-state index in [1.165, 1.54) is 58.3 Å². The number of hydrogen-bond donors (Lipinski definition) is 1. The van der Waals surface area contributed by atoms with Crippen LogP contribution in [0.4, 0.5) is 0 Å². The highest BCUT2D eigenvalue weighted by atomic mass is 16.5. The number of nitrogens with two attached hydrogens (primary N) is 1. The Labute approximate surface area is 310 Å². The van der Waals surface area contributed by atoms with Crippen LogP contribution in [0.2, 0.25) is 0 Å². The van der Waals surface area contributed by atoms with E-state index in [4.69, 9.17) is 15.2 Å². The highest BCUT2D eigenvalue weighted by Crippen LogP contribution is 2.67. The molecular formula is C45H83NO4. The Hall–Kier alpha value is -1.20. The first-order valence-corrected chi connectivity index (χ1v) is 20.5. The van der Waals surface area contributed by atoms with Gasteiger partial charge in [-0.2, -0.15) is 0 Å². The zero-order valence-electron chi connectivity index (χ0n) is 34.2.